The molecule has 9 heteroatoms. The molecule has 31 heavy (non-hydrogen) atoms. The first-order valence-corrected chi connectivity index (χ1v) is 9.04. The van der Waals surface area contributed by atoms with Crippen LogP contribution in [0.4, 0.5) is 19.1 Å². The maximum Gasteiger partial charge on any atom is 0.416 e. The average molecular weight is 425 g/mol. The van der Waals surface area contributed by atoms with Crippen molar-refractivity contribution in [3.63, 3.8) is 0 Å². The van der Waals surface area contributed by atoms with Crippen LogP contribution in [-0.4, -0.2) is 26.5 Å². The maximum atomic E-state index is 13.0. The lowest BCUT2D eigenvalue weighted by Gasteiger charge is -2.11. The maximum absolute atomic E-state index is 13.0. The number of hydrogen-bond donors (Lipinski definition) is 2. The van der Waals surface area contributed by atoms with Crippen LogP contribution < -0.4 is 5.32 Å². The molecule has 1 heterocycles. The zero-order chi connectivity index (χ0) is 22.2. The van der Waals surface area contributed by atoms with E-state index in [0.717, 1.165) is 18.2 Å². The first-order valence-electron chi connectivity index (χ1n) is 9.04. The first-order chi connectivity index (χ1) is 14.7. The summed E-state index contributed by atoms with van der Waals surface area (Å²) >= 11 is 0. The Hall–Kier alpha value is -4.14. The summed E-state index contributed by atoms with van der Waals surface area (Å²) in [5, 5.41) is 11.8. The standard InChI is InChI=1S/C22H14F3N3O3/c23-22(24,25)15-6-4-5-13(11-15)19(29)27-21-26-17-12-14(20(30)31)9-10-18(17)28(21)16-7-2-1-3-8-16/h1-12H,(H,30,31)(H,26,27,29). The zero-order valence-electron chi connectivity index (χ0n) is 15.7. The number of halogens is 3. The van der Waals surface area contributed by atoms with Gasteiger partial charge >= 0.3 is 12.1 Å². The van der Waals surface area contributed by atoms with Crippen LogP contribution >= 0.6 is 0 Å². The highest BCUT2D eigenvalue weighted by atomic mass is 19.4. The van der Waals surface area contributed by atoms with Crippen LogP contribution in [0.15, 0.2) is 72.8 Å². The molecule has 4 aromatic rings. The van der Waals surface area contributed by atoms with Crippen molar-refractivity contribution in [1.29, 1.82) is 0 Å². The van der Waals surface area contributed by atoms with Gasteiger partial charge in [-0.15, -0.1) is 0 Å². The fraction of sp³-hybridized carbons (Fsp3) is 0.0455. The van der Waals surface area contributed by atoms with Gasteiger partial charge in [-0.3, -0.25) is 14.7 Å². The lowest BCUT2D eigenvalue weighted by Crippen LogP contribution is -2.16. The summed E-state index contributed by atoms with van der Waals surface area (Å²) in [6.07, 6.45) is -4.58. The summed E-state index contributed by atoms with van der Waals surface area (Å²) < 4.78 is 40.6. The average Bonchev–Trinajstić information content (AvgIpc) is 3.10. The number of carboxylic acid groups (broad SMARTS) is 1. The minimum Gasteiger partial charge on any atom is -0.478 e. The molecular weight excluding hydrogens is 411 g/mol. The molecule has 0 unspecified atom stereocenters. The van der Waals surface area contributed by atoms with Gasteiger partial charge in [0.15, 0.2) is 0 Å². The molecule has 0 fully saturated rings. The van der Waals surface area contributed by atoms with Crippen molar-refractivity contribution in [1.82, 2.24) is 9.55 Å². The number of aromatic carboxylic acids is 1. The van der Waals surface area contributed by atoms with Gasteiger partial charge in [0.1, 0.15) is 0 Å². The number of para-hydroxylation sites is 1. The third-order valence-corrected chi connectivity index (χ3v) is 4.59. The van der Waals surface area contributed by atoms with E-state index in [1.807, 2.05) is 0 Å². The number of alkyl halides is 3. The molecule has 0 radical (unpaired) electrons. The molecular formula is C22H14F3N3O3. The minimum absolute atomic E-state index is 0.0148. The van der Waals surface area contributed by atoms with E-state index >= 15 is 0 Å². The largest absolute Gasteiger partial charge is 0.478 e. The number of anilines is 1. The Kier molecular flexibility index (Phi) is 4.94. The molecule has 0 bridgehead atoms. The van der Waals surface area contributed by atoms with Crippen molar-refractivity contribution in [2.45, 2.75) is 6.18 Å². The first kappa shape index (κ1) is 20.1. The fourth-order valence-electron chi connectivity index (χ4n) is 3.15. The Balaban J connectivity index is 1.80. The Labute approximate surface area is 173 Å². The van der Waals surface area contributed by atoms with E-state index in [9.17, 15) is 27.9 Å². The van der Waals surface area contributed by atoms with Gasteiger partial charge < -0.3 is 5.11 Å². The molecule has 1 aromatic heterocycles. The smallest absolute Gasteiger partial charge is 0.416 e. The van der Waals surface area contributed by atoms with E-state index in [-0.39, 0.29) is 17.1 Å². The van der Waals surface area contributed by atoms with E-state index in [1.165, 1.54) is 18.2 Å². The van der Waals surface area contributed by atoms with Crippen LogP contribution in [0.1, 0.15) is 26.3 Å². The summed E-state index contributed by atoms with van der Waals surface area (Å²) in [7, 11) is 0. The summed E-state index contributed by atoms with van der Waals surface area (Å²) in [4.78, 5) is 28.3. The molecule has 0 atom stereocenters. The molecule has 0 saturated carbocycles. The SMILES string of the molecule is O=C(O)c1ccc2c(c1)nc(NC(=O)c1cccc(C(F)(F)F)c1)n2-c1ccccc1. The van der Waals surface area contributed by atoms with Gasteiger partial charge in [-0.05, 0) is 48.5 Å². The number of fused-ring (bicyclic) bond motifs is 1. The number of benzene rings is 3. The number of imidazole rings is 1. The van der Waals surface area contributed by atoms with Crippen molar-refractivity contribution in [3.05, 3.63) is 89.5 Å². The molecule has 0 spiro atoms. The lowest BCUT2D eigenvalue weighted by molar-refractivity contribution is -0.137. The number of aromatic nitrogens is 2. The highest BCUT2D eigenvalue weighted by Gasteiger charge is 2.31. The summed E-state index contributed by atoms with van der Waals surface area (Å²) in [5.41, 5.74) is 0.350. The highest BCUT2D eigenvalue weighted by Crippen LogP contribution is 2.30. The normalized spacial score (nSPS) is 11.5. The Morgan fingerprint density at radius 2 is 1.65 bits per heavy atom. The molecule has 3 aromatic carbocycles. The molecule has 156 valence electrons. The van der Waals surface area contributed by atoms with E-state index < -0.39 is 23.6 Å². The number of hydrogen-bond acceptors (Lipinski definition) is 3. The number of nitrogens with zero attached hydrogens (tertiary/aromatic N) is 2. The van der Waals surface area contributed by atoms with Gasteiger partial charge in [0, 0.05) is 11.3 Å². The number of carbonyl (C=O) groups excluding carboxylic acids is 1. The van der Waals surface area contributed by atoms with Gasteiger partial charge in [-0.25, -0.2) is 9.78 Å². The molecule has 2 N–H and O–H groups in total. The molecule has 0 aliphatic heterocycles. The number of carbonyl (C=O) groups is 2. The van der Waals surface area contributed by atoms with Gasteiger partial charge in [0.25, 0.3) is 5.91 Å². The number of carboxylic acids is 1. The third-order valence-electron chi connectivity index (χ3n) is 4.59. The predicted molar refractivity (Wildman–Crippen MR) is 107 cm³/mol. The van der Waals surface area contributed by atoms with Crippen molar-refractivity contribution < 1.29 is 27.9 Å². The monoisotopic (exact) mass is 425 g/mol. The topological polar surface area (TPSA) is 84.2 Å². The molecule has 0 aliphatic carbocycles. The Morgan fingerprint density at radius 3 is 2.32 bits per heavy atom. The molecule has 6 nitrogen and oxygen atoms in total. The van der Waals surface area contributed by atoms with Gasteiger partial charge in [0.2, 0.25) is 5.95 Å². The Bertz CT molecular complexity index is 1300. The Morgan fingerprint density at radius 1 is 0.903 bits per heavy atom. The van der Waals surface area contributed by atoms with Crippen LogP contribution in [-0.2, 0) is 6.18 Å². The van der Waals surface area contributed by atoms with Gasteiger partial charge in [-0.2, -0.15) is 13.2 Å². The van der Waals surface area contributed by atoms with Crippen LogP contribution in [0.5, 0.6) is 0 Å². The van der Waals surface area contributed by atoms with E-state index in [0.29, 0.717) is 16.7 Å². The second kappa shape index (κ2) is 7.60. The van der Waals surface area contributed by atoms with Crippen molar-refractivity contribution in [2.24, 2.45) is 0 Å². The molecule has 1 amide bonds. The van der Waals surface area contributed by atoms with Gasteiger partial charge in [0.05, 0.1) is 22.2 Å². The summed E-state index contributed by atoms with van der Waals surface area (Å²) in [6.45, 7) is 0. The van der Waals surface area contributed by atoms with Crippen molar-refractivity contribution >= 4 is 28.9 Å². The highest BCUT2D eigenvalue weighted by molar-refractivity contribution is 6.04. The number of nitrogens with one attached hydrogen (secondary N) is 1. The predicted octanol–water partition coefficient (Wildman–Crippen LogP) is 4.99. The second-order valence-corrected chi connectivity index (χ2v) is 6.65. The number of rotatable bonds is 4. The number of amides is 1. The lowest BCUT2D eigenvalue weighted by atomic mass is 10.1. The molecule has 0 saturated heterocycles. The summed E-state index contributed by atoms with van der Waals surface area (Å²) in [6, 6.07) is 17.2. The van der Waals surface area contributed by atoms with Crippen LogP contribution in [0.2, 0.25) is 0 Å². The van der Waals surface area contributed by atoms with E-state index in [1.54, 1.807) is 41.0 Å². The van der Waals surface area contributed by atoms with Crippen LogP contribution in [0.3, 0.4) is 0 Å². The minimum atomic E-state index is -4.58. The van der Waals surface area contributed by atoms with E-state index in [4.69, 9.17) is 0 Å². The third kappa shape index (κ3) is 3.97. The van der Waals surface area contributed by atoms with Crippen molar-refractivity contribution in [3.8, 4) is 5.69 Å². The quantitative estimate of drug-likeness (QED) is 0.482. The van der Waals surface area contributed by atoms with Crippen LogP contribution in [0.25, 0.3) is 16.7 Å². The second-order valence-electron chi connectivity index (χ2n) is 6.65. The summed E-state index contributed by atoms with van der Waals surface area (Å²) in [5.74, 6) is -1.87. The zero-order valence-corrected chi connectivity index (χ0v) is 15.7. The van der Waals surface area contributed by atoms with Crippen molar-refractivity contribution in [2.75, 3.05) is 5.32 Å². The molecule has 0 aliphatic rings. The fourth-order valence-corrected chi connectivity index (χ4v) is 3.15. The van der Waals surface area contributed by atoms with E-state index in [2.05, 4.69) is 10.3 Å². The van der Waals surface area contributed by atoms with Gasteiger partial charge in [-0.1, -0.05) is 24.3 Å². The molecule has 4 rings (SSSR count). The van der Waals surface area contributed by atoms with Crippen LogP contribution in [0, 0.1) is 0 Å².